The zero-order chi connectivity index (χ0) is 20.2. The molecule has 1 rings (SSSR count). The van der Waals surface area contributed by atoms with Crippen molar-refractivity contribution in [1.29, 1.82) is 0 Å². The first kappa shape index (κ1) is 21.4. The first-order valence-corrected chi connectivity index (χ1v) is 7.93. The van der Waals surface area contributed by atoms with Gasteiger partial charge in [0.1, 0.15) is 12.1 Å². The summed E-state index contributed by atoms with van der Waals surface area (Å²) < 4.78 is 20.7. The van der Waals surface area contributed by atoms with E-state index in [9.17, 15) is 24.0 Å². The lowest BCUT2D eigenvalue weighted by molar-refractivity contribution is -0.181. The Bertz CT molecular complexity index is 603. The minimum Gasteiger partial charge on any atom is -0.461 e. The van der Waals surface area contributed by atoms with Crippen LogP contribution in [0.3, 0.4) is 0 Å². The van der Waals surface area contributed by atoms with Crippen molar-refractivity contribution in [3.05, 3.63) is 0 Å². The van der Waals surface area contributed by atoms with Crippen molar-refractivity contribution in [3.8, 4) is 0 Å². The third-order valence-corrected chi connectivity index (χ3v) is 3.62. The Morgan fingerprint density at radius 2 is 1.19 bits per heavy atom. The molecule has 1 unspecified atom stereocenters. The lowest BCUT2D eigenvalue weighted by Gasteiger charge is -2.32. The Morgan fingerprint density at radius 1 is 0.731 bits per heavy atom. The number of amides is 1. The molecule has 0 bridgehead atoms. The highest BCUT2D eigenvalue weighted by Crippen LogP contribution is 2.34. The van der Waals surface area contributed by atoms with Gasteiger partial charge in [-0.05, 0) is 6.92 Å². The van der Waals surface area contributed by atoms with Crippen LogP contribution in [0.1, 0.15) is 41.5 Å². The molecule has 146 valence electrons. The van der Waals surface area contributed by atoms with Crippen molar-refractivity contribution >= 4 is 29.8 Å². The minimum absolute atomic E-state index is 0.549. The van der Waals surface area contributed by atoms with E-state index in [1.807, 2.05) is 0 Å². The van der Waals surface area contributed by atoms with Gasteiger partial charge in [-0.25, -0.2) is 0 Å². The van der Waals surface area contributed by atoms with Gasteiger partial charge in [0.05, 0.1) is 0 Å². The molecule has 10 nitrogen and oxygen atoms in total. The second-order valence-corrected chi connectivity index (χ2v) is 5.88. The van der Waals surface area contributed by atoms with E-state index in [1.54, 1.807) is 0 Å². The van der Waals surface area contributed by atoms with Crippen molar-refractivity contribution in [2.24, 2.45) is 0 Å². The number of carbonyl (C=O) groups is 5. The van der Waals surface area contributed by atoms with Crippen LogP contribution in [0.4, 0.5) is 0 Å². The highest BCUT2D eigenvalue weighted by molar-refractivity contribution is 5.76. The maximum atomic E-state index is 12.2. The fourth-order valence-corrected chi connectivity index (χ4v) is 3.00. The summed E-state index contributed by atoms with van der Waals surface area (Å²) >= 11 is 0. The van der Waals surface area contributed by atoms with E-state index in [1.165, 1.54) is 20.8 Å². The molecule has 1 aliphatic rings. The molecular formula is C16H23NO9. The fourth-order valence-electron chi connectivity index (χ4n) is 3.00. The maximum Gasteiger partial charge on any atom is 0.304 e. The predicted molar refractivity (Wildman–Crippen MR) is 84.2 cm³/mol. The summed E-state index contributed by atoms with van der Waals surface area (Å²) in [5, 5.41) is 0. The summed E-state index contributed by atoms with van der Waals surface area (Å²) in [6.07, 6.45) is -4.73. The molecule has 1 amide bonds. The highest BCUT2D eigenvalue weighted by atomic mass is 16.6. The molecule has 1 saturated heterocycles. The minimum atomic E-state index is -1.33. The third kappa shape index (κ3) is 5.17. The molecule has 0 N–H and O–H groups in total. The van der Waals surface area contributed by atoms with Gasteiger partial charge in [0.15, 0.2) is 12.2 Å². The predicted octanol–water partition coefficient (Wildman–Crippen LogP) is -0.0787. The van der Waals surface area contributed by atoms with Crippen molar-refractivity contribution in [2.45, 2.75) is 72.1 Å². The van der Waals surface area contributed by atoms with Crippen LogP contribution in [-0.2, 0) is 42.9 Å². The summed E-state index contributed by atoms with van der Waals surface area (Å²) in [5.41, 5.74) is 0. The topological polar surface area (TPSA) is 126 Å². The lowest BCUT2D eigenvalue weighted by Crippen LogP contribution is -2.50. The Morgan fingerprint density at radius 3 is 1.58 bits per heavy atom. The lowest BCUT2D eigenvalue weighted by atomic mass is 10.0. The molecule has 1 aliphatic heterocycles. The molecule has 0 aromatic carbocycles. The molecule has 0 aromatic heterocycles. The van der Waals surface area contributed by atoms with E-state index in [-0.39, 0.29) is 0 Å². The van der Waals surface area contributed by atoms with Crippen LogP contribution < -0.4 is 0 Å². The van der Waals surface area contributed by atoms with E-state index >= 15 is 0 Å². The van der Waals surface area contributed by atoms with Crippen molar-refractivity contribution in [2.75, 3.05) is 0 Å². The highest BCUT2D eigenvalue weighted by Gasteiger charge is 2.58. The van der Waals surface area contributed by atoms with Crippen LogP contribution in [0.25, 0.3) is 0 Å². The van der Waals surface area contributed by atoms with Crippen LogP contribution in [-0.4, -0.2) is 65.3 Å². The van der Waals surface area contributed by atoms with Gasteiger partial charge in [0.25, 0.3) is 0 Å². The number of rotatable bonds is 5. The van der Waals surface area contributed by atoms with Crippen LogP contribution in [0.2, 0.25) is 0 Å². The summed E-state index contributed by atoms with van der Waals surface area (Å²) in [7, 11) is 0. The second kappa shape index (κ2) is 8.63. The van der Waals surface area contributed by atoms with Gasteiger partial charge in [0.2, 0.25) is 12.1 Å². The molecule has 0 aromatic rings. The number of ether oxygens (including phenoxy) is 4. The van der Waals surface area contributed by atoms with Crippen molar-refractivity contribution in [3.63, 3.8) is 0 Å². The Labute approximate surface area is 150 Å². The monoisotopic (exact) mass is 373 g/mol. The average Bonchev–Trinajstić information content (AvgIpc) is 2.71. The molecule has 5 atom stereocenters. The van der Waals surface area contributed by atoms with E-state index in [2.05, 4.69) is 0 Å². The Hall–Kier alpha value is -2.65. The summed E-state index contributed by atoms with van der Waals surface area (Å²) in [6, 6.07) is -1.02. The Balaban J connectivity index is 3.43. The molecule has 0 radical (unpaired) electrons. The molecule has 26 heavy (non-hydrogen) atoms. The molecule has 0 aliphatic carbocycles. The molecule has 0 saturated carbocycles. The van der Waals surface area contributed by atoms with Gasteiger partial charge < -0.3 is 18.9 Å². The van der Waals surface area contributed by atoms with Gasteiger partial charge in [0, 0.05) is 34.6 Å². The number of hydrogen-bond acceptors (Lipinski definition) is 9. The van der Waals surface area contributed by atoms with E-state index in [0.717, 1.165) is 25.7 Å². The quantitative estimate of drug-likeness (QED) is 0.480. The van der Waals surface area contributed by atoms with E-state index < -0.39 is 60.4 Å². The van der Waals surface area contributed by atoms with E-state index in [4.69, 9.17) is 18.9 Å². The van der Waals surface area contributed by atoms with Crippen molar-refractivity contribution in [1.82, 2.24) is 4.90 Å². The number of nitrogens with zero attached hydrogens (tertiary/aromatic N) is 1. The summed E-state index contributed by atoms with van der Waals surface area (Å²) in [6.45, 7) is 7.24. The SMILES string of the molecule is CC(=O)OC1[C@@H](OC(C)=O)[C@@H](OC(C)=O)[C@@H]([C@@H](C)OC(C)=O)N1C(C)=O. The normalized spacial score (nSPS) is 25.8. The van der Waals surface area contributed by atoms with Crippen LogP contribution in [0, 0.1) is 0 Å². The Kier molecular flexibility index (Phi) is 7.10. The van der Waals surface area contributed by atoms with Gasteiger partial charge in [-0.3, -0.25) is 28.9 Å². The zero-order valence-corrected chi connectivity index (χ0v) is 15.5. The zero-order valence-electron chi connectivity index (χ0n) is 15.5. The average molecular weight is 373 g/mol. The van der Waals surface area contributed by atoms with E-state index in [0.29, 0.717) is 0 Å². The van der Waals surface area contributed by atoms with Crippen LogP contribution >= 0.6 is 0 Å². The molecule has 10 heteroatoms. The summed E-state index contributed by atoms with van der Waals surface area (Å²) in [4.78, 5) is 59.2. The van der Waals surface area contributed by atoms with Gasteiger partial charge >= 0.3 is 23.9 Å². The van der Waals surface area contributed by atoms with Gasteiger partial charge in [-0.15, -0.1) is 0 Å². The molecule has 1 heterocycles. The first-order chi connectivity index (χ1) is 12.0. The van der Waals surface area contributed by atoms with Gasteiger partial charge in [-0.1, -0.05) is 0 Å². The number of likely N-dealkylation sites (tertiary alicyclic amines) is 1. The third-order valence-electron chi connectivity index (χ3n) is 3.62. The largest absolute Gasteiger partial charge is 0.461 e. The molecule has 0 spiro atoms. The van der Waals surface area contributed by atoms with Crippen molar-refractivity contribution < 1.29 is 42.9 Å². The standard InChI is InChI=1S/C16H23NO9/c1-7(23-9(3)19)13-14(24-10(4)20)15(25-11(5)21)16(26-12(6)22)17(13)8(2)18/h7,13-16H,1-6H3/t7-,13-,14+,15+,16?/m1/s1. The number of hydrogen-bond donors (Lipinski definition) is 0. The summed E-state index contributed by atoms with van der Waals surface area (Å²) in [5.74, 6) is -3.34. The maximum absolute atomic E-state index is 12.2. The fraction of sp³-hybridized carbons (Fsp3) is 0.688. The number of carbonyl (C=O) groups excluding carboxylic acids is 5. The number of esters is 4. The molecular weight excluding hydrogens is 350 g/mol. The smallest absolute Gasteiger partial charge is 0.304 e. The molecule has 1 fully saturated rings. The second-order valence-electron chi connectivity index (χ2n) is 5.88. The van der Waals surface area contributed by atoms with Crippen LogP contribution in [0.5, 0.6) is 0 Å². The van der Waals surface area contributed by atoms with Crippen LogP contribution in [0.15, 0.2) is 0 Å². The van der Waals surface area contributed by atoms with Gasteiger partial charge in [-0.2, -0.15) is 0 Å². The first-order valence-electron chi connectivity index (χ1n) is 7.93.